The van der Waals surface area contributed by atoms with Gasteiger partial charge in [-0.25, -0.2) is 9.78 Å². The number of carboxylic acid groups (broad SMARTS) is 1. The Labute approximate surface area is 161 Å². The monoisotopic (exact) mass is 412 g/mol. The molecule has 144 valence electrons. The molecule has 0 saturated carbocycles. The van der Waals surface area contributed by atoms with Crippen molar-refractivity contribution < 1.29 is 29.0 Å². The van der Waals surface area contributed by atoms with Gasteiger partial charge in [-0.2, -0.15) is 0 Å². The molecule has 0 bridgehead atoms. The summed E-state index contributed by atoms with van der Waals surface area (Å²) in [4.78, 5) is 52.3. The van der Waals surface area contributed by atoms with E-state index < -0.39 is 35.2 Å². The minimum Gasteiger partial charge on any atom is -0.477 e. The number of thiazole rings is 1. The maximum atomic E-state index is 12.4. The number of carbonyl (C=O) groups excluding carboxylic acids is 3. The lowest BCUT2D eigenvalue weighted by atomic mass is 10.0. The molecule has 1 aromatic heterocycles. The van der Waals surface area contributed by atoms with E-state index in [1.54, 1.807) is 5.38 Å². The lowest BCUT2D eigenvalue weighted by molar-refractivity contribution is -0.151. The Balaban J connectivity index is 1.68. The smallest absolute Gasteiger partial charge is 0.352 e. The molecule has 3 heterocycles. The summed E-state index contributed by atoms with van der Waals surface area (Å²) in [6, 6.07) is -0.817. The van der Waals surface area contributed by atoms with Crippen LogP contribution in [0.5, 0.6) is 0 Å². The number of fused-ring (bicyclic) bond motifs is 1. The minimum atomic E-state index is -1.28. The average Bonchev–Trinajstić information content (AvgIpc) is 3.01. The van der Waals surface area contributed by atoms with Gasteiger partial charge in [-0.3, -0.25) is 19.3 Å². The molecule has 0 spiro atoms. The number of nitrogens with zero attached hydrogens (tertiary/aromatic N) is 2. The van der Waals surface area contributed by atoms with E-state index in [9.17, 15) is 24.3 Å². The Morgan fingerprint density at radius 3 is 2.81 bits per heavy atom. The molecule has 27 heavy (non-hydrogen) atoms. The van der Waals surface area contributed by atoms with Gasteiger partial charge in [0, 0.05) is 23.6 Å². The number of ether oxygens (including phenoxy) is 1. The standard InChI is InChI=1S/C15H16N4O6S2/c1-6(20)25-3-7-4-26-13-10(12(22)19(13)11(7)14(23)24)18-9(21)2-8-5-27-15(16)17-8/h5,10,13H,2-4H2,1H3,(H2,16,17)(H,18,21)(H,23,24)/t10-,13+/m0/s1. The summed E-state index contributed by atoms with van der Waals surface area (Å²) < 4.78 is 4.87. The van der Waals surface area contributed by atoms with Gasteiger partial charge in [-0.15, -0.1) is 23.1 Å². The number of anilines is 1. The zero-order chi connectivity index (χ0) is 19.7. The predicted octanol–water partition coefficient (Wildman–Crippen LogP) is -0.430. The summed E-state index contributed by atoms with van der Waals surface area (Å²) in [5.74, 6) is -2.46. The molecule has 2 atom stereocenters. The van der Waals surface area contributed by atoms with E-state index in [0.717, 1.165) is 4.90 Å². The minimum absolute atomic E-state index is 0.0196. The second kappa shape index (κ2) is 7.56. The van der Waals surface area contributed by atoms with Crippen molar-refractivity contribution in [3.05, 3.63) is 22.3 Å². The molecule has 2 amide bonds. The number of aromatic nitrogens is 1. The summed E-state index contributed by atoms with van der Waals surface area (Å²) >= 11 is 2.52. The molecule has 12 heteroatoms. The zero-order valence-corrected chi connectivity index (χ0v) is 15.8. The third-order valence-corrected chi connectivity index (χ3v) is 5.99. The van der Waals surface area contributed by atoms with Crippen LogP contribution in [0.4, 0.5) is 5.13 Å². The predicted molar refractivity (Wildman–Crippen MR) is 96.5 cm³/mol. The molecule has 10 nitrogen and oxygen atoms in total. The number of amides is 2. The van der Waals surface area contributed by atoms with Crippen LogP contribution in [0.2, 0.25) is 0 Å². The van der Waals surface area contributed by atoms with Gasteiger partial charge >= 0.3 is 11.9 Å². The van der Waals surface area contributed by atoms with E-state index in [2.05, 4.69) is 10.3 Å². The second-order valence-corrected chi connectivity index (χ2v) is 7.84. The fourth-order valence-corrected chi connectivity index (χ4v) is 4.67. The van der Waals surface area contributed by atoms with Crippen molar-refractivity contribution in [2.75, 3.05) is 18.1 Å². The molecule has 2 aliphatic heterocycles. The number of hydrogen-bond donors (Lipinski definition) is 3. The molecule has 4 N–H and O–H groups in total. The lowest BCUT2D eigenvalue weighted by Gasteiger charge is -2.49. The van der Waals surface area contributed by atoms with Crippen LogP contribution in [0.25, 0.3) is 0 Å². The molecular weight excluding hydrogens is 396 g/mol. The van der Waals surface area contributed by atoms with Crippen molar-refractivity contribution in [3.63, 3.8) is 0 Å². The Kier molecular flexibility index (Phi) is 5.37. The van der Waals surface area contributed by atoms with Crippen LogP contribution in [0, 0.1) is 0 Å². The van der Waals surface area contributed by atoms with Crippen LogP contribution in [-0.2, 0) is 30.3 Å². The number of rotatable bonds is 6. The first-order valence-electron chi connectivity index (χ1n) is 7.80. The fraction of sp³-hybridized carbons (Fsp3) is 0.400. The van der Waals surface area contributed by atoms with Crippen LogP contribution in [0.15, 0.2) is 16.7 Å². The van der Waals surface area contributed by atoms with Gasteiger partial charge in [0.2, 0.25) is 5.91 Å². The van der Waals surface area contributed by atoms with Gasteiger partial charge in [-0.05, 0) is 0 Å². The van der Waals surface area contributed by atoms with Gasteiger partial charge < -0.3 is 20.9 Å². The highest BCUT2D eigenvalue weighted by molar-refractivity contribution is 8.00. The maximum absolute atomic E-state index is 12.4. The quantitative estimate of drug-likeness (QED) is 0.417. The van der Waals surface area contributed by atoms with Crippen molar-refractivity contribution in [2.45, 2.75) is 24.8 Å². The summed E-state index contributed by atoms with van der Waals surface area (Å²) in [5.41, 5.74) is 6.18. The van der Waals surface area contributed by atoms with E-state index >= 15 is 0 Å². The molecule has 0 aliphatic carbocycles. The normalized spacial score (nSPS) is 21.4. The highest BCUT2D eigenvalue weighted by Gasteiger charge is 2.54. The third-order valence-electron chi connectivity index (χ3n) is 3.93. The fourth-order valence-electron chi connectivity index (χ4n) is 2.78. The number of nitrogen functional groups attached to an aromatic ring is 1. The molecule has 0 unspecified atom stereocenters. The summed E-state index contributed by atoms with van der Waals surface area (Å²) in [6.45, 7) is 1.03. The first kappa shape index (κ1) is 19.2. The second-order valence-electron chi connectivity index (χ2n) is 5.85. The van der Waals surface area contributed by atoms with E-state index in [4.69, 9.17) is 10.5 Å². The number of aliphatic carboxylic acids is 1. The molecule has 0 aromatic carbocycles. The molecule has 3 rings (SSSR count). The Bertz CT molecular complexity index is 851. The average molecular weight is 412 g/mol. The molecule has 1 fully saturated rings. The maximum Gasteiger partial charge on any atom is 0.352 e. The van der Waals surface area contributed by atoms with Crippen LogP contribution in [0.3, 0.4) is 0 Å². The van der Waals surface area contributed by atoms with Gasteiger partial charge in [0.05, 0.1) is 12.1 Å². The Hall–Kier alpha value is -2.60. The number of carbonyl (C=O) groups is 4. The lowest BCUT2D eigenvalue weighted by Crippen LogP contribution is -2.70. The van der Waals surface area contributed by atoms with Crippen molar-refractivity contribution in [1.82, 2.24) is 15.2 Å². The number of hydrogen-bond acceptors (Lipinski definition) is 9. The van der Waals surface area contributed by atoms with Crippen molar-refractivity contribution in [3.8, 4) is 0 Å². The van der Waals surface area contributed by atoms with Gasteiger partial charge in [-0.1, -0.05) is 0 Å². The van der Waals surface area contributed by atoms with E-state index in [1.165, 1.54) is 30.0 Å². The van der Waals surface area contributed by atoms with Gasteiger partial charge in [0.25, 0.3) is 5.91 Å². The number of esters is 1. The van der Waals surface area contributed by atoms with Crippen molar-refractivity contribution >= 4 is 52.0 Å². The van der Waals surface area contributed by atoms with Gasteiger partial charge in [0.1, 0.15) is 23.7 Å². The van der Waals surface area contributed by atoms with Gasteiger partial charge in [0.15, 0.2) is 5.13 Å². The zero-order valence-electron chi connectivity index (χ0n) is 14.1. The molecule has 1 saturated heterocycles. The van der Waals surface area contributed by atoms with Crippen molar-refractivity contribution in [1.29, 1.82) is 0 Å². The van der Waals surface area contributed by atoms with Crippen LogP contribution < -0.4 is 11.1 Å². The molecular formula is C15H16N4O6S2. The highest BCUT2D eigenvalue weighted by Crippen LogP contribution is 2.40. The van der Waals surface area contributed by atoms with Crippen LogP contribution in [0.1, 0.15) is 12.6 Å². The Morgan fingerprint density at radius 2 is 2.22 bits per heavy atom. The van der Waals surface area contributed by atoms with E-state index in [1.807, 2.05) is 0 Å². The van der Waals surface area contributed by atoms with E-state index in [0.29, 0.717) is 16.4 Å². The van der Waals surface area contributed by atoms with Crippen LogP contribution in [-0.4, -0.2) is 62.5 Å². The SMILES string of the molecule is CC(=O)OCC1=C(C(=O)O)N2C(=O)[C@H](NC(=O)Cc3csc(N)n3)[C@H]2SC1. The van der Waals surface area contributed by atoms with E-state index in [-0.39, 0.29) is 24.5 Å². The number of β-lactam (4-membered cyclic amide) rings is 1. The number of nitrogens with one attached hydrogen (secondary N) is 1. The number of nitrogens with two attached hydrogens (primary N) is 1. The first-order valence-corrected chi connectivity index (χ1v) is 9.73. The molecule has 2 aliphatic rings. The summed E-state index contributed by atoms with van der Waals surface area (Å²) in [5, 5.41) is 13.6. The molecule has 0 radical (unpaired) electrons. The van der Waals surface area contributed by atoms with Crippen molar-refractivity contribution in [2.24, 2.45) is 0 Å². The topological polar surface area (TPSA) is 152 Å². The third kappa shape index (κ3) is 3.90. The summed E-state index contributed by atoms with van der Waals surface area (Å²) in [7, 11) is 0. The number of carboxylic acids is 1. The molecule has 1 aromatic rings. The highest BCUT2D eigenvalue weighted by atomic mass is 32.2. The Morgan fingerprint density at radius 1 is 1.48 bits per heavy atom. The first-order chi connectivity index (χ1) is 12.8. The number of thioether (sulfide) groups is 1. The largest absolute Gasteiger partial charge is 0.477 e. The summed E-state index contributed by atoms with van der Waals surface area (Å²) in [6.07, 6.45) is -0.0196. The van der Waals surface area contributed by atoms with Crippen LogP contribution >= 0.6 is 23.1 Å².